The molecular weight excluding hydrogens is 284 g/mol. The fourth-order valence-corrected chi connectivity index (χ4v) is 1.70. The lowest BCUT2D eigenvalue weighted by molar-refractivity contribution is -0.384. The fourth-order valence-electron chi connectivity index (χ4n) is 1.70. The molecule has 0 aromatic heterocycles. The smallest absolute Gasteiger partial charge is 0.293 e. The highest BCUT2D eigenvalue weighted by molar-refractivity contribution is 6.09. The van der Waals surface area contributed by atoms with Gasteiger partial charge in [-0.1, -0.05) is 0 Å². The van der Waals surface area contributed by atoms with Crippen molar-refractivity contribution in [2.24, 2.45) is 0 Å². The standard InChI is InChI=1S/C13H9F2N3O3/c14-7-1-3-8(4-2-7)17-13(19)11-9(15)5-6-10(12(11)16)18(20)21/h1-6H,16H2,(H,17,19). The molecule has 0 spiro atoms. The third kappa shape index (κ3) is 2.94. The number of amides is 1. The van der Waals surface area contributed by atoms with Crippen molar-refractivity contribution in [1.29, 1.82) is 0 Å². The largest absolute Gasteiger partial charge is 0.392 e. The predicted molar refractivity (Wildman–Crippen MR) is 71.8 cm³/mol. The Morgan fingerprint density at radius 2 is 1.76 bits per heavy atom. The Balaban J connectivity index is 2.37. The average molecular weight is 293 g/mol. The van der Waals surface area contributed by atoms with Crippen LogP contribution in [0.2, 0.25) is 0 Å². The topological polar surface area (TPSA) is 98.3 Å². The van der Waals surface area contributed by atoms with Gasteiger partial charge in [0.05, 0.1) is 4.92 Å². The number of rotatable bonds is 3. The first-order chi connectivity index (χ1) is 9.90. The van der Waals surface area contributed by atoms with Gasteiger partial charge in [0, 0.05) is 11.8 Å². The molecule has 0 radical (unpaired) electrons. The first-order valence-electron chi connectivity index (χ1n) is 5.69. The number of nitro benzene ring substituents is 1. The van der Waals surface area contributed by atoms with E-state index in [1.54, 1.807) is 0 Å². The summed E-state index contributed by atoms with van der Waals surface area (Å²) in [6.07, 6.45) is 0. The molecule has 8 heteroatoms. The first-order valence-corrected chi connectivity index (χ1v) is 5.69. The number of nitrogen functional groups attached to an aromatic ring is 1. The monoisotopic (exact) mass is 293 g/mol. The summed E-state index contributed by atoms with van der Waals surface area (Å²) in [7, 11) is 0. The molecule has 0 unspecified atom stereocenters. The summed E-state index contributed by atoms with van der Waals surface area (Å²) < 4.78 is 26.4. The Hall–Kier alpha value is -3.03. The molecule has 0 saturated carbocycles. The SMILES string of the molecule is Nc1c([N+](=O)[O-])ccc(F)c1C(=O)Nc1ccc(F)cc1. The summed E-state index contributed by atoms with van der Waals surface area (Å²) in [5, 5.41) is 13.0. The van der Waals surface area contributed by atoms with Gasteiger partial charge >= 0.3 is 0 Å². The number of hydrogen-bond acceptors (Lipinski definition) is 4. The van der Waals surface area contributed by atoms with E-state index in [4.69, 9.17) is 5.73 Å². The maximum atomic E-state index is 13.7. The normalized spacial score (nSPS) is 10.2. The molecule has 2 aromatic rings. The molecule has 0 aliphatic rings. The Bertz CT molecular complexity index is 717. The van der Waals surface area contributed by atoms with E-state index in [0.717, 1.165) is 24.3 Å². The van der Waals surface area contributed by atoms with Crippen molar-refractivity contribution < 1.29 is 18.5 Å². The molecular formula is C13H9F2N3O3. The first kappa shape index (κ1) is 14.4. The van der Waals surface area contributed by atoms with Crippen LogP contribution in [0.3, 0.4) is 0 Å². The molecule has 0 saturated heterocycles. The van der Waals surface area contributed by atoms with Crippen LogP contribution in [0, 0.1) is 21.7 Å². The quantitative estimate of drug-likeness (QED) is 0.516. The zero-order valence-electron chi connectivity index (χ0n) is 10.5. The van der Waals surface area contributed by atoms with Crippen LogP contribution in [0.15, 0.2) is 36.4 Å². The van der Waals surface area contributed by atoms with E-state index in [2.05, 4.69) is 5.32 Å². The third-order valence-electron chi connectivity index (χ3n) is 2.70. The number of nitrogens with two attached hydrogens (primary N) is 1. The van der Waals surface area contributed by atoms with Crippen molar-refractivity contribution in [2.45, 2.75) is 0 Å². The number of hydrogen-bond donors (Lipinski definition) is 2. The van der Waals surface area contributed by atoms with Crippen LogP contribution in [-0.2, 0) is 0 Å². The number of benzene rings is 2. The summed E-state index contributed by atoms with van der Waals surface area (Å²) in [5.41, 5.74) is 3.89. The zero-order chi connectivity index (χ0) is 15.6. The Labute approximate surface area is 117 Å². The number of carbonyl (C=O) groups excluding carboxylic acids is 1. The molecule has 6 nitrogen and oxygen atoms in total. The molecule has 0 bridgehead atoms. The maximum Gasteiger partial charge on any atom is 0.293 e. The van der Waals surface area contributed by atoms with Crippen LogP contribution in [-0.4, -0.2) is 10.8 Å². The summed E-state index contributed by atoms with van der Waals surface area (Å²) in [4.78, 5) is 21.9. The van der Waals surface area contributed by atoms with Crippen molar-refractivity contribution in [2.75, 3.05) is 11.1 Å². The molecule has 2 rings (SSSR count). The Morgan fingerprint density at radius 1 is 1.14 bits per heavy atom. The number of nitrogens with one attached hydrogen (secondary N) is 1. The van der Waals surface area contributed by atoms with Gasteiger partial charge in [0.1, 0.15) is 22.9 Å². The van der Waals surface area contributed by atoms with E-state index in [-0.39, 0.29) is 5.69 Å². The highest BCUT2D eigenvalue weighted by atomic mass is 19.1. The van der Waals surface area contributed by atoms with Crippen molar-refractivity contribution in [3.8, 4) is 0 Å². The maximum absolute atomic E-state index is 13.7. The van der Waals surface area contributed by atoms with Gasteiger partial charge in [0.15, 0.2) is 0 Å². The van der Waals surface area contributed by atoms with Crippen LogP contribution in [0.25, 0.3) is 0 Å². The van der Waals surface area contributed by atoms with E-state index in [1.165, 1.54) is 12.1 Å². The highest BCUT2D eigenvalue weighted by Crippen LogP contribution is 2.28. The molecule has 108 valence electrons. The van der Waals surface area contributed by atoms with Gasteiger partial charge < -0.3 is 11.1 Å². The number of halogens is 2. The van der Waals surface area contributed by atoms with Crippen LogP contribution >= 0.6 is 0 Å². The van der Waals surface area contributed by atoms with E-state index < -0.39 is 39.4 Å². The summed E-state index contributed by atoms with van der Waals surface area (Å²) >= 11 is 0. The van der Waals surface area contributed by atoms with Crippen LogP contribution < -0.4 is 11.1 Å². The summed E-state index contributed by atoms with van der Waals surface area (Å²) in [6.45, 7) is 0. The average Bonchev–Trinajstić information content (AvgIpc) is 2.41. The lowest BCUT2D eigenvalue weighted by Crippen LogP contribution is -2.17. The van der Waals surface area contributed by atoms with Crippen molar-refractivity contribution in [3.05, 3.63) is 63.7 Å². The number of nitrogens with zero attached hydrogens (tertiary/aromatic N) is 1. The lowest BCUT2D eigenvalue weighted by atomic mass is 10.1. The molecule has 2 aromatic carbocycles. The third-order valence-corrected chi connectivity index (χ3v) is 2.70. The van der Waals surface area contributed by atoms with Gasteiger partial charge in [-0.2, -0.15) is 0 Å². The Kier molecular flexibility index (Phi) is 3.79. The van der Waals surface area contributed by atoms with Gasteiger partial charge in [0.2, 0.25) is 0 Å². The highest BCUT2D eigenvalue weighted by Gasteiger charge is 2.23. The molecule has 0 aliphatic carbocycles. The number of nitro groups is 1. The van der Waals surface area contributed by atoms with Gasteiger partial charge in [-0.15, -0.1) is 0 Å². The van der Waals surface area contributed by atoms with Gasteiger partial charge in [-0.3, -0.25) is 14.9 Å². The van der Waals surface area contributed by atoms with E-state index in [9.17, 15) is 23.7 Å². The molecule has 0 atom stereocenters. The molecule has 0 fully saturated rings. The Morgan fingerprint density at radius 3 is 2.33 bits per heavy atom. The zero-order valence-corrected chi connectivity index (χ0v) is 10.5. The van der Waals surface area contributed by atoms with E-state index >= 15 is 0 Å². The minimum atomic E-state index is -0.988. The minimum Gasteiger partial charge on any atom is -0.392 e. The minimum absolute atomic E-state index is 0.201. The van der Waals surface area contributed by atoms with Crippen molar-refractivity contribution in [3.63, 3.8) is 0 Å². The molecule has 0 aliphatic heterocycles. The van der Waals surface area contributed by atoms with Gasteiger partial charge in [-0.25, -0.2) is 8.78 Å². The second kappa shape index (κ2) is 5.53. The van der Waals surface area contributed by atoms with Crippen molar-refractivity contribution in [1.82, 2.24) is 0 Å². The van der Waals surface area contributed by atoms with E-state index in [0.29, 0.717) is 0 Å². The van der Waals surface area contributed by atoms with Crippen LogP contribution in [0.4, 0.5) is 25.8 Å². The van der Waals surface area contributed by atoms with Crippen molar-refractivity contribution >= 4 is 23.0 Å². The molecule has 0 heterocycles. The van der Waals surface area contributed by atoms with Gasteiger partial charge in [-0.05, 0) is 30.3 Å². The second-order valence-electron chi connectivity index (χ2n) is 4.07. The predicted octanol–water partition coefficient (Wildman–Crippen LogP) is 2.71. The molecule has 1 amide bonds. The van der Waals surface area contributed by atoms with Crippen LogP contribution in [0.5, 0.6) is 0 Å². The molecule has 3 N–H and O–H groups in total. The lowest BCUT2D eigenvalue weighted by Gasteiger charge is -2.08. The number of carbonyl (C=O) groups is 1. The molecule has 21 heavy (non-hydrogen) atoms. The van der Waals surface area contributed by atoms with Gasteiger partial charge in [0.25, 0.3) is 11.6 Å². The summed E-state index contributed by atoms with van der Waals surface area (Å²) in [5.74, 6) is -2.45. The second-order valence-corrected chi connectivity index (χ2v) is 4.07. The van der Waals surface area contributed by atoms with Crippen LogP contribution in [0.1, 0.15) is 10.4 Å². The fraction of sp³-hybridized carbons (Fsp3) is 0. The van der Waals surface area contributed by atoms with E-state index in [1.807, 2.05) is 0 Å². The number of anilines is 2. The summed E-state index contributed by atoms with van der Waals surface area (Å²) in [6, 6.07) is 6.39.